The number of rotatable bonds is 4. The maximum atomic E-state index is 14.5. The Bertz CT molecular complexity index is 1220. The molecule has 1 saturated carbocycles. The molecule has 1 fully saturated rings. The lowest BCUT2D eigenvalue weighted by atomic mass is 9.95. The molecule has 4 rings (SSSR count). The van der Waals surface area contributed by atoms with Gasteiger partial charge in [-0.2, -0.15) is 5.26 Å². The molecule has 1 amide bonds. The van der Waals surface area contributed by atoms with E-state index in [-0.39, 0.29) is 24.0 Å². The third-order valence-electron chi connectivity index (χ3n) is 6.69. The molecular formula is C29H31FN2O2. The number of halogens is 1. The summed E-state index contributed by atoms with van der Waals surface area (Å²) >= 11 is 0. The molecule has 176 valence electrons. The van der Waals surface area contributed by atoms with Gasteiger partial charge in [0.05, 0.1) is 17.7 Å². The van der Waals surface area contributed by atoms with Crippen LogP contribution in [0.4, 0.5) is 9.18 Å². The van der Waals surface area contributed by atoms with Crippen molar-refractivity contribution in [1.82, 2.24) is 4.90 Å². The van der Waals surface area contributed by atoms with Crippen LogP contribution in [-0.2, 0) is 4.74 Å². The number of fused-ring (bicyclic) bond motifs is 1. The van der Waals surface area contributed by atoms with Crippen LogP contribution in [-0.4, -0.2) is 22.6 Å². The zero-order chi connectivity index (χ0) is 24.5. The molecule has 1 aliphatic rings. The summed E-state index contributed by atoms with van der Waals surface area (Å²) in [7, 11) is 0. The second-order valence-corrected chi connectivity index (χ2v) is 10.1. The minimum absolute atomic E-state index is 0.00527. The van der Waals surface area contributed by atoms with Gasteiger partial charge in [0.15, 0.2) is 0 Å². The average Bonchev–Trinajstić information content (AvgIpc) is 3.28. The molecular weight excluding hydrogens is 427 g/mol. The molecule has 0 saturated heterocycles. The molecule has 3 aromatic carbocycles. The Hall–Kier alpha value is -3.39. The number of hydrogen-bond acceptors (Lipinski definition) is 3. The number of nitrogens with zero attached hydrogens (tertiary/aromatic N) is 2. The van der Waals surface area contributed by atoms with Gasteiger partial charge in [0.1, 0.15) is 11.4 Å². The van der Waals surface area contributed by atoms with Crippen molar-refractivity contribution in [3.8, 4) is 6.07 Å². The first kappa shape index (κ1) is 23.8. The topological polar surface area (TPSA) is 53.3 Å². The van der Waals surface area contributed by atoms with E-state index in [1.54, 1.807) is 12.1 Å². The van der Waals surface area contributed by atoms with Crippen molar-refractivity contribution in [3.05, 3.63) is 83.2 Å². The zero-order valence-corrected chi connectivity index (χ0v) is 20.2. The number of ether oxygens (including phenoxy) is 1. The third kappa shape index (κ3) is 4.92. The maximum Gasteiger partial charge on any atom is 0.411 e. The van der Waals surface area contributed by atoms with Gasteiger partial charge in [0.25, 0.3) is 0 Å². The summed E-state index contributed by atoms with van der Waals surface area (Å²) in [6.45, 7) is 7.61. The summed E-state index contributed by atoms with van der Waals surface area (Å²) in [5, 5.41) is 10.5. The van der Waals surface area contributed by atoms with Crippen molar-refractivity contribution in [1.29, 1.82) is 5.26 Å². The van der Waals surface area contributed by atoms with E-state index < -0.39 is 5.60 Å². The zero-order valence-electron chi connectivity index (χ0n) is 20.2. The summed E-state index contributed by atoms with van der Waals surface area (Å²) in [6.07, 6.45) is 2.27. The lowest BCUT2D eigenvalue weighted by Crippen LogP contribution is -2.44. The second-order valence-electron chi connectivity index (χ2n) is 10.1. The molecule has 1 aliphatic carbocycles. The highest BCUT2D eigenvalue weighted by molar-refractivity contribution is 5.87. The van der Waals surface area contributed by atoms with E-state index in [2.05, 4.69) is 6.07 Å². The standard InChI is InChI=1S/C29H31FN2O2/c1-19(24-15-16-27(30)26-8-6-5-7-25(24)26)32(28(33)34-29(2,3)4)23-14-13-22(17-23)21-11-9-20(18-31)10-12-21/h5-12,15-16,19,22-23H,13-14,17H2,1-4H3/t19-,22-,23?/m1/s1. The van der Waals surface area contributed by atoms with Gasteiger partial charge < -0.3 is 4.74 Å². The number of benzene rings is 3. The van der Waals surface area contributed by atoms with Crippen molar-refractivity contribution in [3.63, 3.8) is 0 Å². The van der Waals surface area contributed by atoms with Crippen LogP contribution < -0.4 is 0 Å². The minimum Gasteiger partial charge on any atom is -0.444 e. The molecule has 0 N–H and O–H groups in total. The first-order valence-corrected chi connectivity index (χ1v) is 11.9. The summed E-state index contributed by atoms with van der Waals surface area (Å²) in [4.78, 5) is 15.3. The number of amides is 1. The monoisotopic (exact) mass is 458 g/mol. The Labute approximate surface area is 201 Å². The average molecular weight is 459 g/mol. The number of carbonyl (C=O) groups is 1. The molecule has 0 heterocycles. The lowest BCUT2D eigenvalue weighted by molar-refractivity contribution is 0.00693. The van der Waals surface area contributed by atoms with E-state index in [9.17, 15) is 9.18 Å². The molecule has 3 aromatic rings. The molecule has 3 atom stereocenters. The van der Waals surface area contributed by atoms with E-state index in [0.29, 0.717) is 16.9 Å². The van der Waals surface area contributed by atoms with Crippen LogP contribution in [0.1, 0.15) is 75.6 Å². The molecule has 34 heavy (non-hydrogen) atoms. The van der Waals surface area contributed by atoms with Crippen molar-refractivity contribution in [2.75, 3.05) is 0 Å². The van der Waals surface area contributed by atoms with Gasteiger partial charge in [-0.05, 0) is 87.6 Å². The van der Waals surface area contributed by atoms with Crippen molar-refractivity contribution < 1.29 is 13.9 Å². The Morgan fingerprint density at radius 2 is 1.74 bits per heavy atom. The van der Waals surface area contributed by atoms with Crippen molar-refractivity contribution in [2.45, 2.75) is 70.6 Å². The number of nitriles is 1. The van der Waals surface area contributed by atoms with Crippen LogP contribution in [0.2, 0.25) is 0 Å². The van der Waals surface area contributed by atoms with Gasteiger partial charge in [-0.15, -0.1) is 0 Å². The normalized spacial score (nSPS) is 18.9. The SMILES string of the molecule is C[C@H](c1ccc(F)c2ccccc12)N(C(=O)OC(C)(C)C)C1CC[C@@H](c2ccc(C#N)cc2)C1. The van der Waals surface area contributed by atoms with E-state index in [0.717, 1.165) is 30.2 Å². The Balaban J connectivity index is 1.67. The van der Waals surface area contributed by atoms with Gasteiger partial charge in [-0.25, -0.2) is 9.18 Å². The molecule has 4 nitrogen and oxygen atoms in total. The summed E-state index contributed by atoms with van der Waals surface area (Å²) < 4.78 is 20.3. The Kier molecular flexibility index (Phi) is 6.61. The molecule has 0 radical (unpaired) electrons. The number of carbonyl (C=O) groups excluding carboxylic acids is 1. The highest BCUT2D eigenvalue weighted by atomic mass is 19.1. The van der Waals surface area contributed by atoms with E-state index in [1.807, 2.05) is 75.1 Å². The highest BCUT2D eigenvalue weighted by Gasteiger charge is 2.38. The van der Waals surface area contributed by atoms with E-state index in [1.165, 1.54) is 11.6 Å². The van der Waals surface area contributed by atoms with Gasteiger partial charge in [0, 0.05) is 11.4 Å². The van der Waals surface area contributed by atoms with Crippen LogP contribution in [0, 0.1) is 17.1 Å². The Morgan fingerprint density at radius 1 is 1.06 bits per heavy atom. The number of hydrogen-bond donors (Lipinski definition) is 0. The largest absolute Gasteiger partial charge is 0.444 e. The quantitative estimate of drug-likeness (QED) is 0.407. The molecule has 0 aliphatic heterocycles. The highest BCUT2D eigenvalue weighted by Crippen LogP contribution is 2.41. The van der Waals surface area contributed by atoms with Crippen LogP contribution in [0.15, 0.2) is 60.7 Å². The van der Waals surface area contributed by atoms with Crippen LogP contribution in [0.3, 0.4) is 0 Å². The minimum atomic E-state index is -0.620. The summed E-state index contributed by atoms with van der Waals surface area (Å²) in [5.74, 6) is 0.0388. The smallest absolute Gasteiger partial charge is 0.411 e. The van der Waals surface area contributed by atoms with Gasteiger partial charge in [-0.1, -0.05) is 42.5 Å². The fraction of sp³-hybridized carbons (Fsp3) is 0.379. The van der Waals surface area contributed by atoms with Gasteiger partial charge in [-0.3, -0.25) is 4.90 Å². The summed E-state index contributed by atoms with van der Waals surface area (Å²) in [5.41, 5.74) is 2.12. The van der Waals surface area contributed by atoms with Crippen LogP contribution >= 0.6 is 0 Å². The van der Waals surface area contributed by atoms with Crippen molar-refractivity contribution in [2.24, 2.45) is 0 Å². The fourth-order valence-corrected chi connectivity index (χ4v) is 5.08. The summed E-state index contributed by atoms with van der Waals surface area (Å²) in [6, 6.07) is 20.3. The van der Waals surface area contributed by atoms with E-state index in [4.69, 9.17) is 10.00 Å². The molecule has 1 unspecified atom stereocenters. The first-order chi connectivity index (χ1) is 16.2. The predicted octanol–water partition coefficient (Wildman–Crippen LogP) is 7.48. The molecule has 0 aromatic heterocycles. The van der Waals surface area contributed by atoms with Crippen LogP contribution in [0.25, 0.3) is 10.8 Å². The van der Waals surface area contributed by atoms with E-state index >= 15 is 0 Å². The molecule has 0 spiro atoms. The Morgan fingerprint density at radius 3 is 2.38 bits per heavy atom. The lowest BCUT2D eigenvalue weighted by Gasteiger charge is -2.37. The molecule has 0 bridgehead atoms. The fourth-order valence-electron chi connectivity index (χ4n) is 5.08. The van der Waals surface area contributed by atoms with Crippen molar-refractivity contribution >= 4 is 16.9 Å². The van der Waals surface area contributed by atoms with Crippen LogP contribution in [0.5, 0.6) is 0 Å². The van der Waals surface area contributed by atoms with Gasteiger partial charge in [0.2, 0.25) is 0 Å². The maximum absolute atomic E-state index is 14.5. The third-order valence-corrected chi connectivity index (χ3v) is 6.69. The molecule has 5 heteroatoms. The first-order valence-electron chi connectivity index (χ1n) is 11.9. The predicted molar refractivity (Wildman–Crippen MR) is 132 cm³/mol. The second kappa shape index (κ2) is 9.46. The van der Waals surface area contributed by atoms with Gasteiger partial charge >= 0.3 is 6.09 Å².